The number of rotatable bonds is 8. The molecule has 1 aromatic rings. The highest BCUT2D eigenvalue weighted by Gasteiger charge is 2.11. The molecule has 0 aliphatic rings. The van der Waals surface area contributed by atoms with Crippen molar-refractivity contribution in [2.24, 2.45) is 0 Å². The molecule has 0 radical (unpaired) electrons. The third-order valence-electron chi connectivity index (χ3n) is 2.35. The predicted octanol–water partition coefficient (Wildman–Crippen LogP) is 0.829. The Bertz CT molecular complexity index is 333. The fourth-order valence-electron chi connectivity index (χ4n) is 1.35. The highest BCUT2D eigenvalue weighted by molar-refractivity contribution is 4.86. The van der Waals surface area contributed by atoms with E-state index < -0.39 is 0 Å². The van der Waals surface area contributed by atoms with Gasteiger partial charge in [0.25, 0.3) is 0 Å². The maximum atomic E-state index is 5.41. The maximum Gasteiger partial charge on any atom is 0.140 e. The summed E-state index contributed by atoms with van der Waals surface area (Å²) in [5.41, 5.74) is 0.0751. The van der Waals surface area contributed by atoms with Gasteiger partial charge in [0.15, 0.2) is 0 Å². The lowest BCUT2D eigenvalue weighted by atomic mass is 10.1. The van der Waals surface area contributed by atoms with Gasteiger partial charge in [0.05, 0.1) is 32.9 Å². The van der Waals surface area contributed by atoms with E-state index in [4.69, 9.17) is 9.47 Å². The van der Waals surface area contributed by atoms with Crippen LogP contribution >= 0.6 is 0 Å². The minimum Gasteiger partial charge on any atom is -0.382 e. The number of ether oxygens (including phenoxy) is 2. The zero-order valence-electron chi connectivity index (χ0n) is 11.8. The Morgan fingerprint density at radius 1 is 1.28 bits per heavy atom. The largest absolute Gasteiger partial charge is 0.382 e. The molecule has 6 nitrogen and oxygen atoms in total. The normalized spacial score (nSPS) is 12.0. The second-order valence-electron chi connectivity index (χ2n) is 5.11. The van der Waals surface area contributed by atoms with Crippen molar-refractivity contribution in [2.45, 2.75) is 39.4 Å². The van der Waals surface area contributed by atoms with Gasteiger partial charge in [0.1, 0.15) is 12.2 Å². The fraction of sp³-hybridized carbons (Fsp3) is 0.833. The monoisotopic (exact) mass is 256 g/mol. The Morgan fingerprint density at radius 2 is 2.06 bits per heavy atom. The molecule has 0 aromatic carbocycles. The van der Waals surface area contributed by atoms with Crippen molar-refractivity contribution in [3.8, 4) is 0 Å². The molecule has 18 heavy (non-hydrogen) atoms. The van der Waals surface area contributed by atoms with E-state index >= 15 is 0 Å². The van der Waals surface area contributed by atoms with Gasteiger partial charge in [-0.1, -0.05) is 0 Å². The average molecular weight is 256 g/mol. The van der Waals surface area contributed by atoms with Crippen molar-refractivity contribution < 1.29 is 9.47 Å². The number of methoxy groups -OCH3 is 1. The molecule has 1 rings (SSSR count). The molecule has 0 aliphatic heterocycles. The van der Waals surface area contributed by atoms with Crippen molar-refractivity contribution in [3.63, 3.8) is 0 Å². The van der Waals surface area contributed by atoms with E-state index in [9.17, 15) is 0 Å². The van der Waals surface area contributed by atoms with Crippen LogP contribution in [0.15, 0.2) is 6.33 Å². The lowest BCUT2D eigenvalue weighted by Crippen LogP contribution is -2.36. The van der Waals surface area contributed by atoms with Gasteiger partial charge in [-0.25, -0.2) is 9.67 Å². The van der Waals surface area contributed by atoms with Crippen LogP contribution in [-0.4, -0.2) is 47.2 Å². The van der Waals surface area contributed by atoms with Gasteiger partial charge in [-0.15, -0.1) is 0 Å². The van der Waals surface area contributed by atoms with E-state index in [1.807, 2.05) is 4.68 Å². The Hall–Kier alpha value is -0.980. The maximum absolute atomic E-state index is 5.41. The van der Waals surface area contributed by atoms with Gasteiger partial charge in [-0.2, -0.15) is 5.10 Å². The number of aromatic nitrogens is 3. The highest BCUT2D eigenvalue weighted by atomic mass is 16.5. The second kappa shape index (κ2) is 7.45. The van der Waals surface area contributed by atoms with Gasteiger partial charge in [0, 0.05) is 12.6 Å². The van der Waals surface area contributed by atoms with Gasteiger partial charge >= 0.3 is 0 Å². The van der Waals surface area contributed by atoms with Crippen molar-refractivity contribution >= 4 is 0 Å². The second-order valence-corrected chi connectivity index (χ2v) is 5.11. The standard InChI is InChI=1S/C12H24N4O2/c1-12(2,3)14-9-11-13-10-15-16(11)5-6-18-8-7-17-4/h10,14H,5-9H2,1-4H3. The predicted molar refractivity (Wildman–Crippen MR) is 69.3 cm³/mol. The van der Waals surface area contributed by atoms with Crippen LogP contribution < -0.4 is 5.32 Å². The third kappa shape index (κ3) is 6.09. The Morgan fingerprint density at radius 3 is 2.72 bits per heavy atom. The molecule has 0 saturated heterocycles. The van der Waals surface area contributed by atoms with E-state index in [1.54, 1.807) is 13.4 Å². The van der Waals surface area contributed by atoms with Gasteiger partial charge in [0.2, 0.25) is 0 Å². The molecule has 0 spiro atoms. The summed E-state index contributed by atoms with van der Waals surface area (Å²) in [6, 6.07) is 0. The summed E-state index contributed by atoms with van der Waals surface area (Å²) in [5, 5.41) is 7.58. The van der Waals surface area contributed by atoms with E-state index in [-0.39, 0.29) is 5.54 Å². The average Bonchev–Trinajstić information content (AvgIpc) is 2.73. The van der Waals surface area contributed by atoms with Crippen molar-refractivity contribution in [3.05, 3.63) is 12.2 Å². The minimum absolute atomic E-state index is 0.0751. The first-order valence-corrected chi connectivity index (χ1v) is 6.21. The first-order valence-electron chi connectivity index (χ1n) is 6.21. The molecule has 6 heteroatoms. The molecule has 1 N–H and O–H groups in total. The van der Waals surface area contributed by atoms with Crippen molar-refractivity contribution in [1.29, 1.82) is 0 Å². The van der Waals surface area contributed by atoms with Crippen LogP contribution in [-0.2, 0) is 22.6 Å². The number of nitrogens with zero attached hydrogens (tertiary/aromatic N) is 3. The minimum atomic E-state index is 0.0751. The quantitative estimate of drug-likeness (QED) is 0.698. The SMILES string of the molecule is COCCOCCn1ncnc1CNC(C)(C)C. The van der Waals surface area contributed by atoms with Crippen LogP contribution in [0.1, 0.15) is 26.6 Å². The lowest BCUT2D eigenvalue weighted by molar-refractivity contribution is 0.0650. The molecule has 104 valence electrons. The summed E-state index contributed by atoms with van der Waals surface area (Å²) in [7, 11) is 1.66. The van der Waals surface area contributed by atoms with Gasteiger partial charge < -0.3 is 14.8 Å². The molecule has 1 aromatic heterocycles. The van der Waals surface area contributed by atoms with E-state index in [1.165, 1.54) is 0 Å². The summed E-state index contributed by atoms with van der Waals surface area (Å²) in [4.78, 5) is 4.24. The van der Waals surface area contributed by atoms with Crippen LogP contribution in [0.4, 0.5) is 0 Å². The zero-order chi connectivity index (χ0) is 13.4. The van der Waals surface area contributed by atoms with Crippen LogP contribution in [0.25, 0.3) is 0 Å². The number of nitrogens with one attached hydrogen (secondary N) is 1. The molecule has 0 amide bonds. The lowest BCUT2D eigenvalue weighted by Gasteiger charge is -2.20. The summed E-state index contributed by atoms with van der Waals surface area (Å²) < 4.78 is 12.2. The van der Waals surface area contributed by atoms with Gasteiger partial charge in [-0.05, 0) is 20.8 Å². The number of hydrogen-bond donors (Lipinski definition) is 1. The fourth-order valence-corrected chi connectivity index (χ4v) is 1.35. The Kier molecular flexibility index (Phi) is 6.24. The zero-order valence-corrected chi connectivity index (χ0v) is 11.8. The molecule has 0 unspecified atom stereocenters. The highest BCUT2D eigenvalue weighted by Crippen LogP contribution is 2.02. The molecule has 0 saturated carbocycles. The Labute approximate surface area is 109 Å². The molecule has 1 heterocycles. The third-order valence-corrected chi connectivity index (χ3v) is 2.35. The van der Waals surface area contributed by atoms with Gasteiger partial charge in [-0.3, -0.25) is 0 Å². The first kappa shape index (κ1) is 15.1. The Balaban J connectivity index is 2.31. The van der Waals surface area contributed by atoms with Crippen LogP contribution in [0.2, 0.25) is 0 Å². The molecule has 0 bridgehead atoms. The first-order chi connectivity index (χ1) is 8.53. The van der Waals surface area contributed by atoms with Crippen molar-refractivity contribution in [2.75, 3.05) is 26.9 Å². The van der Waals surface area contributed by atoms with Crippen LogP contribution in [0.3, 0.4) is 0 Å². The van der Waals surface area contributed by atoms with E-state index in [2.05, 4.69) is 36.2 Å². The summed E-state index contributed by atoms with van der Waals surface area (Å²) >= 11 is 0. The molecular formula is C12H24N4O2. The summed E-state index contributed by atoms with van der Waals surface area (Å²) in [6.45, 7) is 9.66. The molecule has 0 fully saturated rings. The summed E-state index contributed by atoms with van der Waals surface area (Å²) in [6.07, 6.45) is 1.58. The molecular weight excluding hydrogens is 232 g/mol. The summed E-state index contributed by atoms with van der Waals surface area (Å²) in [5.74, 6) is 0.931. The smallest absolute Gasteiger partial charge is 0.140 e. The van der Waals surface area contributed by atoms with E-state index in [0.29, 0.717) is 32.9 Å². The van der Waals surface area contributed by atoms with Crippen LogP contribution in [0, 0.1) is 0 Å². The van der Waals surface area contributed by atoms with E-state index in [0.717, 1.165) is 5.82 Å². The molecule has 0 atom stereocenters. The van der Waals surface area contributed by atoms with Crippen LogP contribution in [0.5, 0.6) is 0 Å². The molecule has 0 aliphatic carbocycles. The number of hydrogen-bond acceptors (Lipinski definition) is 5. The van der Waals surface area contributed by atoms with Crippen molar-refractivity contribution in [1.82, 2.24) is 20.1 Å². The topological polar surface area (TPSA) is 61.2 Å².